The van der Waals surface area contributed by atoms with Crippen LogP contribution in [0.25, 0.3) is 0 Å². The zero-order valence-electron chi connectivity index (χ0n) is 9.53. The van der Waals surface area contributed by atoms with Crippen LogP contribution < -0.4 is 0 Å². The lowest BCUT2D eigenvalue weighted by atomic mass is 10.0. The number of hydrogen-bond acceptors (Lipinski definition) is 3. The van der Waals surface area contributed by atoms with Gasteiger partial charge in [0.2, 0.25) is 0 Å². The summed E-state index contributed by atoms with van der Waals surface area (Å²) in [7, 11) is -3.59. The second kappa shape index (κ2) is 4.76. The molecule has 0 spiro atoms. The molecule has 1 unspecified atom stereocenters. The Kier molecular flexibility index (Phi) is 3.47. The van der Waals surface area contributed by atoms with Crippen LogP contribution in [0.1, 0.15) is 29.6 Å². The van der Waals surface area contributed by atoms with Crippen LogP contribution in [-0.4, -0.2) is 25.2 Å². The summed E-state index contributed by atoms with van der Waals surface area (Å²) in [4.78, 5) is 12.0. The smallest absolute Gasteiger partial charge is 0.186 e. The second-order valence-corrected chi connectivity index (χ2v) is 6.62. The Hall–Kier alpha value is -1.30. The quantitative estimate of drug-likeness (QED) is 0.776. The van der Waals surface area contributed by atoms with Crippen LogP contribution in [0.2, 0.25) is 0 Å². The van der Waals surface area contributed by atoms with Gasteiger partial charge in [-0.15, -0.1) is 0 Å². The number of Topliss-reactive ketones (excluding diaryl/α,β-unsaturated/α-hetero) is 1. The van der Waals surface area contributed by atoms with Crippen molar-refractivity contribution < 1.29 is 22.0 Å². The van der Waals surface area contributed by atoms with E-state index in [9.17, 15) is 22.0 Å². The van der Waals surface area contributed by atoms with Gasteiger partial charge in [0.15, 0.2) is 15.6 Å². The van der Waals surface area contributed by atoms with Crippen molar-refractivity contribution in [2.45, 2.75) is 24.5 Å². The summed E-state index contributed by atoms with van der Waals surface area (Å²) in [5.41, 5.74) is -0.743. The van der Waals surface area contributed by atoms with Gasteiger partial charge in [0.1, 0.15) is 16.9 Å². The van der Waals surface area contributed by atoms with E-state index in [1.165, 1.54) is 0 Å². The maximum atomic E-state index is 13.5. The van der Waals surface area contributed by atoms with E-state index in [2.05, 4.69) is 0 Å². The van der Waals surface area contributed by atoms with Crippen LogP contribution in [0.4, 0.5) is 8.78 Å². The molecule has 18 heavy (non-hydrogen) atoms. The van der Waals surface area contributed by atoms with E-state index in [0.29, 0.717) is 12.8 Å². The van der Waals surface area contributed by atoms with Crippen LogP contribution in [0.3, 0.4) is 0 Å². The van der Waals surface area contributed by atoms with Gasteiger partial charge in [0, 0.05) is 0 Å². The summed E-state index contributed by atoms with van der Waals surface area (Å²) < 4.78 is 50.4. The molecule has 0 radical (unpaired) electrons. The minimum absolute atomic E-state index is 0.0977. The molecule has 0 saturated carbocycles. The molecule has 3 nitrogen and oxygen atoms in total. The van der Waals surface area contributed by atoms with Crippen molar-refractivity contribution in [3.63, 3.8) is 0 Å². The number of benzene rings is 1. The zero-order chi connectivity index (χ0) is 13.3. The van der Waals surface area contributed by atoms with Gasteiger partial charge in [0.25, 0.3) is 0 Å². The summed E-state index contributed by atoms with van der Waals surface area (Å²) in [6, 6.07) is 3.04. The number of hydrogen-bond donors (Lipinski definition) is 0. The largest absolute Gasteiger partial charge is 0.292 e. The van der Waals surface area contributed by atoms with E-state index in [1.54, 1.807) is 0 Å². The van der Waals surface area contributed by atoms with Crippen molar-refractivity contribution in [3.05, 3.63) is 35.4 Å². The Morgan fingerprint density at radius 3 is 2.33 bits per heavy atom. The average molecular weight is 274 g/mol. The van der Waals surface area contributed by atoms with Crippen LogP contribution in [0.15, 0.2) is 18.2 Å². The number of sulfone groups is 1. The van der Waals surface area contributed by atoms with Crippen molar-refractivity contribution in [2.24, 2.45) is 0 Å². The molecule has 1 aliphatic rings. The van der Waals surface area contributed by atoms with Gasteiger partial charge in [-0.3, -0.25) is 4.79 Å². The van der Waals surface area contributed by atoms with E-state index >= 15 is 0 Å². The van der Waals surface area contributed by atoms with E-state index in [1.807, 2.05) is 0 Å². The highest BCUT2D eigenvalue weighted by atomic mass is 32.2. The maximum absolute atomic E-state index is 13.5. The fourth-order valence-corrected chi connectivity index (χ4v) is 4.00. The van der Waals surface area contributed by atoms with Crippen LogP contribution in [0, 0.1) is 11.6 Å². The predicted octanol–water partition coefficient (Wildman–Crippen LogP) is 2.11. The molecule has 1 fully saturated rings. The summed E-state index contributed by atoms with van der Waals surface area (Å²) in [5, 5.41) is -1.31. The molecule has 0 N–H and O–H groups in total. The Morgan fingerprint density at radius 2 is 1.78 bits per heavy atom. The molecule has 6 heteroatoms. The molecule has 98 valence electrons. The highest BCUT2D eigenvalue weighted by Gasteiger charge is 2.37. The van der Waals surface area contributed by atoms with Crippen LogP contribution in [0.5, 0.6) is 0 Å². The molecule has 2 rings (SSSR count). The van der Waals surface area contributed by atoms with Crippen molar-refractivity contribution in [1.82, 2.24) is 0 Å². The van der Waals surface area contributed by atoms with Crippen molar-refractivity contribution >= 4 is 15.6 Å². The monoisotopic (exact) mass is 274 g/mol. The summed E-state index contributed by atoms with van der Waals surface area (Å²) in [6.07, 6.45) is 1.20. The minimum atomic E-state index is -3.59. The topological polar surface area (TPSA) is 51.2 Å². The third kappa shape index (κ3) is 2.29. The molecule has 0 amide bonds. The molecule has 0 aromatic heterocycles. The lowest BCUT2D eigenvalue weighted by Gasteiger charge is -2.21. The Balaban J connectivity index is 2.43. The third-order valence-corrected chi connectivity index (χ3v) is 5.25. The highest BCUT2D eigenvalue weighted by Crippen LogP contribution is 2.25. The maximum Gasteiger partial charge on any atom is 0.186 e. The normalized spacial score (nSPS) is 22.7. The molecular weight excluding hydrogens is 262 g/mol. The fourth-order valence-electron chi connectivity index (χ4n) is 2.14. The molecule has 1 aromatic rings. The number of ketones is 1. The van der Waals surface area contributed by atoms with Gasteiger partial charge in [-0.2, -0.15) is 0 Å². The van der Waals surface area contributed by atoms with E-state index in [4.69, 9.17) is 0 Å². The number of halogens is 2. The van der Waals surface area contributed by atoms with Gasteiger partial charge < -0.3 is 0 Å². The number of carbonyl (C=O) groups is 1. The second-order valence-electron chi connectivity index (χ2n) is 4.31. The first-order valence-corrected chi connectivity index (χ1v) is 7.35. The van der Waals surface area contributed by atoms with Crippen molar-refractivity contribution in [1.29, 1.82) is 0 Å². The Bertz CT molecular complexity index is 561. The molecule has 0 bridgehead atoms. The Morgan fingerprint density at radius 1 is 1.17 bits per heavy atom. The average Bonchev–Trinajstić information content (AvgIpc) is 2.27. The number of rotatable bonds is 2. The van der Waals surface area contributed by atoms with E-state index < -0.39 is 38.1 Å². The summed E-state index contributed by atoms with van der Waals surface area (Å²) >= 11 is 0. The number of carbonyl (C=O) groups excluding carboxylic acids is 1. The fraction of sp³-hybridized carbons (Fsp3) is 0.417. The minimum Gasteiger partial charge on any atom is -0.292 e. The first-order valence-electron chi connectivity index (χ1n) is 5.63. The standard InChI is InChI=1S/C12H12F2O3S/c13-8-4-3-5-9(14)11(8)12(15)10-6-1-2-7-18(10,16)17/h3-5,10H,1-2,6-7H2. The predicted molar refractivity (Wildman–Crippen MR) is 62.1 cm³/mol. The highest BCUT2D eigenvalue weighted by molar-refractivity contribution is 7.92. The van der Waals surface area contributed by atoms with Gasteiger partial charge in [-0.05, 0) is 25.0 Å². The van der Waals surface area contributed by atoms with Gasteiger partial charge in [-0.25, -0.2) is 17.2 Å². The molecule has 1 saturated heterocycles. The molecule has 1 aliphatic heterocycles. The van der Waals surface area contributed by atoms with E-state index in [-0.39, 0.29) is 12.2 Å². The zero-order valence-corrected chi connectivity index (χ0v) is 10.3. The third-order valence-electron chi connectivity index (χ3n) is 3.08. The lowest BCUT2D eigenvalue weighted by molar-refractivity contribution is 0.0973. The van der Waals surface area contributed by atoms with Crippen LogP contribution >= 0.6 is 0 Å². The summed E-state index contributed by atoms with van der Waals surface area (Å²) in [6.45, 7) is 0. The van der Waals surface area contributed by atoms with Crippen LogP contribution in [-0.2, 0) is 9.84 Å². The molecule has 1 heterocycles. The van der Waals surface area contributed by atoms with Crippen molar-refractivity contribution in [3.8, 4) is 0 Å². The first-order chi connectivity index (χ1) is 8.43. The van der Waals surface area contributed by atoms with Crippen molar-refractivity contribution in [2.75, 3.05) is 5.75 Å². The lowest BCUT2D eigenvalue weighted by Crippen LogP contribution is -2.36. The van der Waals surface area contributed by atoms with Gasteiger partial charge in [-0.1, -0.05) is 12.5 Å². The first kappa shape index (κ1) is 13.1. The molecule has 0 aliphatic carbocycles. The summed E-state index contributed by atoms with van der Waals surface area (Å²) in [5.74, 6) is -3.09. The van der Waals surface area contributed by atoms with E-state index in [0.717, 1.165) is 18.2 Å². The van der Waals surface area contributed by atoms with Gasteiger partial charge in [0.05, 0.1) is 11.3 Å². The molecular formula is C12H12F2O3S. The van der Waals surface area contributed by atoms with Gasteiger partial charge >= 0.3 is 0 Å². The Labute approximate surface area is 104 Å². The SMILES string of the molecule is O=C(c1c(F)cccc1F)C1CCCCS1(=O)=O. The molecule has 1 atom stereocenters. The molecule has 1 aromatic carbocycles.